The van der Waals surface area contributed by atoms with E-state index in [0.717, 1.165) is 25.4 Å². The van der Waals surface area contributed by atoms with Crippen LogP contribution in [0, 0.1) is 25.7 Å². The topological polar surface area (TPSA) is 88.7 Å². The molecule has 1 N–H and O–H groups in total. The van der Waals surface area contributed by atoms with Crippen LogP contribution >= 0.6 is 0 Å². The molecule has 1 aliphatic carbocycles. The summed E-state index contributed by atoms with van der Waals surface area (Å²) < 4.78 is 10.3. The molecular formula is C21H30N2O5. The first-order valence-corrected chi connectivity index (χ1v) is 10.2. The van der Waals surface area contributed by atoms with Gasteiger partial charge in [-0.1, -0.05) is 19.3 Å². The number of fused-ring (bicyclic) bond motifs is 1. The van der Waals surface area contributed by atoms with E-state index in [2.05, 4.69) is 4.98 Å². The number of rotatable bonds is 5. The lowest BCUT2D eigenvalue weighted by Crippen LogP contribution is -2.46. The first-order chi connectivity index (χ1) is 13.4. The molecule has 2 fully saturated rings. The van der Waals surface area contributed by atoms with Gasteiger partial charge in [0.05, 0.1) is 12.2 Å². The maximum absolute atomic E-state index is 12.5. The molecule has 28 heavy (non-hydrogen) atoms. The quantitative estimate of drug-likeness (QED) is 0.781. The van der Waals surface area contributed by atoms with E-state index in [9.17, 15) is 14.4 Å². The number of carbonyl (C=O) groups is 3. The predicted molar refractivity (Wildman–Crippen MR) is 103 cm³/mol. The fourth-order valence-corrected chi connectivity index (χ4v) is 4.58. The lowest BCUT2D eigenvalue weighted by atomic mass is 9.75. The van der Waals surface area contributed by atoms with Gasteiger partial charge in [-0.05, 0) is 51.0 Å². The average Bonchev–Trinajstić information content (AvgIpc) is 3.00. The molecule has 1 aromatic rings. The number of nitrogens with one attached hydrogen (secondary N) is 1. The van der Waals surface area contributed by atoms with Gasteiger partial charge < -0.3 is 19.4 Å². The highest BCUT2D eigenvalue weighted by Gasteiger charge is 2.33. The first-order valence-electron chi connectivity index (χ1n) is 10.2. The fourth-order valence-electron chi connectivity index (χ4n) is 4.58. The van der Waals surface area contributed by atoms with Crippen molar-refractivity contribution in [2.75, 3.05) is 26.3 Å². The van der Waals surface area contributed by atoms with Crippen LogP contribution in [0.5, 0.6) is 0 Å². The second kappa shape index (κ2) is 8.80. The number of nitrogens with zero attached hydrogens (tertiary/aromatic N) is 1. The van der Waals surface area contributed by atoms with E-state index in [-0.39, 0.29) is 24.8 Å². The van der Waals surface area contributed by atoms with Gasteiger partial charge in [-0.25, -0.2) is 9.59 Å². The van der Waals surface area contributed by atoms with Crippen LogP contribution in [0.2, 0.25) is 0 Å². The number of amides is 1. The molecule has 2 heterocycles. The van der Waals surface area contributed by atoms with E-state index >= 15 is 0 Å². The Labute approximate surface area is 165 Å². The molecule has 7 nitrogen and oxygen atoms in total. The van der Waals surface area contributed by atoms with Crippen LogP contribution in [-0.4, -0.2) is 54.0 Å². The SMILES string of the molecule is CCOC(=O)c1[nH]c(C)c(C(=O)OCC(=O)N2CC[C@H]3CCCC[C@@H]3C2)c1C. The van der Waals surface area contributed by atoms with Crippen LogP contribution in [0.4, 0.5) is 0 Å². The van der Waals surface area contributed by atoms with Gasteiger partial charge in [0.15, 0.2) is 6.61 Å². The summed E-state index contributed by atoms with van der Waals surface area (Å²) in [7, 11) is 0. The molecule has 1 aromatic heterocycles. The van der Waals surface area contributed by atoms with Crippen LogP contribution < -0.4 is 0 Å². The van der Waals surface area contributed by atoms with Gasteiger partial charge in [0.2, 0.25) is 0 Å². The van der Waals surface area contributed by atoms with Crippen molar-refractivity contribution in [3.05, 3.63) is 22.5 Å². The van der Waals surface area contributed by atoms with E-state index < -0.39 is 11.9 Å². The molecule has 2 atom stereocenters. The van der Waals surface area contributed by atoms with Crippen molar-refractivity contribution in [1.82, 2.24) is 9.88 Å². The Morgan fingerprint density at radius 1 is 1.04 bits per heavy atom. The molecule has 1 saturated heterocycles. The molecule has 0 radical (unpaired) electrons. The third-order valence-electron chi connectivity index (χ3n) is 6.09. The highest BCUT2D eigenvalue weighted by molar-refractivity contribution is 5.99. The smallest absolute Gasteiger partial charge is 0.355 e. The van der Waals surface area contributed by atoms with Gasteiger partial charge in [0.25, 0.3) is 5.91 Å². The molecule has 1 saturated carbocycles. The molecule has 0 spiro atoms. The second-order valence-corrected chi connectivity index (χ2v) is 7.85. The number of ether oxygens (including phenoxy) is 2. The minimum atomic E-state index is -0.595. The van der Waals surface area contributed by atoms with Gasteiger partial charge in [-0.2, -0.15) is 0 Å². The highest BCUT2D eigenvalue weighted by atomic mass is 16.5. The number of piperidine rings is 1. The highest BCUT2D eigenvalue weighted by Crippen LogP contribution is 2.36. The summed E-state index contributed by atoms with van der Waals surface area (Å²) in [5.74, 6) is 0.0837. The number of H-pyrrole nitrogens is 1. The van der Waals surface area contributed by atoms with Gasteiger partial charge in [-0.3, -0.25) is 4.79 Å². The average molecular weight is 390 g/mol. The molecule has 2 aliphatic rings. The summed E-state index contributed by atoms with van der Waals surface area (Å²) in [6.07, 6.45) is 6.05. The normalized spacial score (nSPS) is 21.8. The minimum Gasteiger partial charge on any atom is -0.461 e. The predicted octanol–water partition coefficient (Wildman–Crippen LogP) is 3.00. The minimum absolute atomic E-state index is 0.145. The van der Waals surface area contributed by atoms with Gasteiger partial charge in [-0.15, -0.1) is 0 Å². The van der Waals surface area contributed by atoms with Crippen molar-refractivity contribution in [2.24, 2.45) is 11.8 Å². The van der Waals surface area contributed by atoms with Gasteiger partial charge in [0, 0.05) is 18.8 Å². The second-order valence-electron chi connectivity index (χ2n) is 7.85. The van der Waals surface area contributed by atoms with Crippen LogP contribution in [0.1, 0.15) is 71.1 Å². The summed E-state index contributed by atoms with van der Waals surface area (Å²) in [5.41, 5.74) is 1.55. The number of esters is 2. The van der Waals surface area contributed by atoms with Crippen LogP contribution in [0.15, 0.2) is 0 Å². The summed E-state index contributed by atoms with van der Waals surface area (Å²) in [5, 5.41) is 0. The molecule has 0 aromatic carbocycles. The van der Waals surface area contributed by atoms with Gasteiger partial charge in [0.1, 0.15) is 5.69 Å². The molecule has 3 rings (SSSR count). The Kier molecular flexibility index (Phi) is 6.42. The summed E-state index contributed by atoms with van der Waals surface area (Å²) >= 11 is 0. The third kappa shape index (κ3) is 4.23. The molecule has 0 bridgehead atoms. The van der Waals surface area contributed by atoms with Crippen molar-refractivity contribution >= 4 is 17.8 Å². The Bertz CT molecular complexity index is 754. The Morgan fingerprint density at radius 3 is 2.46 bits per heavy atom. The van der Waals surface area contributed by atoms with E-state index in [1.807, 2.05) is 4.90 Å². The van der Waals surface area contributed by atoms with Crippen LogP contribution in [-0.2, 0) is 14.3 Å². The van der Waals surface area contributed by atoms with Crippen molar-refractivity contribution in [1.29, 1.82) is 0 Å². The maximum atomic E-state index is 12.5. The molecule has 1 amide bonds. The standard InChI is InChI=1S/C21H30N2O5/c1-4-27-21(26)19-13(2)18(14(3)22-19)20(25)28-12-17(24)23-10-9-15-7-5-6-8-16(15)11-23/h15-16,22H,4-12H2,1-3H3/t15-,16-/m1/s1. The van der Waals surface area contributed by atoms with Gasteiger partial charge >= 0.3 is 11.9 Å². The zero-order valence-electron chi connectivity index (χ0n) is 17.0. The maximum Gasteiger partial charge on any atom is 0.355 e. The largest absolute Gasteiger partial charge is 0.461 e. The van der Waals surface area contributed by atoms with E-state index in [1.54, 1.807) is 20.8 Å². The molecule has 154 valence electrons. The monoisotopic (exact) mass is 390 g/mol. The van der Waals surface area contributed by atoms with E-state index in [4.69, 9.17) is 9.47 Å². The number of aryl methyl sites for hydroxylation is 1. The van der Waals surface area contributed by atoms with Crippen LogP contribution in [0.25, 0.3) is 0 Å². The summed E-state index contributed by atoms with van der Waals surface area (Å²) in [6.45, 7) is 6.59. The Hall–Kier alpha value is -2.31. The summed E-state index contributed by atoms with van der Waals surface area (Å²) in [6, 6.07) is 0. The first kappa shape index (κ1) is 20.4. The lowest BCUT2D eigenvalue weighted by Gasteiger charge is -2.41. The third-order valence-corrected chi connectivity index (χ3v) is 6.09. The van der Waals surface area contributed by atoms with Crippen molar-refractivity contribution in [3.63, 3.8) is 0 Å². The summed E-state index contributed by atoms with van der Waals surface area (Å²) in [4.78, 5) is 41.8. The number of likely N-dealkylation sites (tertiary alicyclic amines) is 1. The van der Waals surface area contributed by atoms with E-state index in [0.29, 0.717) is 22.7 Å². The molecule has 0 unspecified atom stereocenters. The zero-order chi connectivity index (χ0) is 20.3. The van der Waals surface area contributed by atoms with E-state index in [1.165, 1.54) is 25.7 Å². The molecule has 1 aliphatic heterocycles. The number of carbonyl (C=O) groups excluding carboxylic acids is 3. The zero-order valence-corrected chi connectivity index (χ0v) is 17.0. The number of hydrogen-bond donors (Lipinski definition) is 1. The Morgan fingerprint density at radius 2 is 1.75 bits per heavy atom. The fraction of sp³-hybridized carbons (Fsp3) is 0.667. The van der Waals surface area contributed by atoms with Crippen molar-refractivity contribution < 1.29 is 23.9 Å². The number of aromatic amines is 1. The lowest BCUT2D eigenvalue weighted by molar-refractivity contribution is -0.137. The number of hydrogen-bond acceptors (Lipinski definition) is 5. The molecular weight excluding hydrogens is 360 g/mol. The number of aromatic nitrogens is 1. The van der Waals surface area contributed by atoms with Crippen molar-refractivity contribution in [3.8, 4) is 0 Å². The van der Waals surface area contributed by atoms with Crippen LogP contribution in [0.3, 0.4) is 0 Å². The van der Waals surface area contributed by atoms with Crippen molar-refractivity contribution in [2.45, 2.75) is 52.9 Å². The Balaban J connectivity index is 1.58. The molecule has 7 heteroatoms.